The Morgan fingerprint density at radius 1 is 1.14 bits per heavy atom. The lowest BCUT2D eigenvalue weighted by Gasteiger charge is -2.33. The number of nitrogens with one attached hydrogen (secondary N) is 1. The number of hydrogen-bond donors (Lipinski definition) is 2. The van der Waals surface area contributed by atoms with Crippen LogP contribution in [0.1, 0.15) is 33.3 Å². The number of carbonyl (C=O) groups excluding carboxylic acids is 1. The zero-order valence-electron chi connectivity index (χ0n) is 20.2. The highest BCUT2D eigenvalue weighted by Gasteiger charge is 2.26. The van der Waals surface area contributed by atoms with E-state index in [2.05, 4.69) is 5.32 Å². The molecule has 37 heavy (non-hydrogen) atoms. The molecule has 0 spiro atoms. The quantitative estimate of drug-likeness (QED) is 0.372. The van der Waals surface area contributed by atoms with E-state index in [4.69, 9.17) is 16.0 Å². The highest BCUT2D eigenvalue weighted by atomic mass is 35.5. The number of fused-ring (bicyclic) bond motifs is 1. The molecule has 5 rings (SSSR count). The fraction of sp³-hybridized carbons (Fsp3) is 0.172. The van der Waals surface area contributed by atoms with E-state index in [1.165, 1.54) is 6.20 Å². The molecule has 0 aliphatic carbocycles. The van der Waals surface area contributed by atoms with Gasteiger partial charge in [0, 0.05) is 31.0 Å². The van der Waals surface area contributed by atoms with Gasteiger partial charge in [-0.1, -0.05) is 66.2 Å². The standard InChI is InChI=1S/C29H26ClN3O4/c1-32-18-24(28(36)31-16-19-10-12-21(30)13-11-19)27(35)23-15-22(37-29(23)32)17-33-14-6-5-9-25(33)26(34)20-7-3-2-4-8-20/h2-15,18,25-26,34H,16-17H2,1H3,(H,31,36)/t25-,26+/m1/s1. The highest BCUT2D eigenvalue weighted by molar-refractivity contribution is 6.30. The number of furan rings is 1. The monoisotopic (exact) mass is 515 g/mol. The summed E-state index contributed by atoms with van der Waals surface area (Å²) in [6.07, 6.45) is 8.35. The summed E-state index contributed by atoms with van der Waals surface area (Å²) in [6.45, 7) is 0.607. The van der Waals surface area contributed by atoms with Gasteiger partial charge in [-0.3, -0.25) is 9.59 Å². The average Bonchev–Trinajstić information content (AvgIpc) is 3.35. The summed E-state index contributed by atoms with van der Waals surface area (Å²) in [5, 5.41) is 14.7. The number of nitrogens with zero attached hydrogens (tertiary/aromatic N) is 2. The van der Waals surface area contributed by atoms with E-state index in [1.54, 1.807) is 29.8 Å². The van der Waals surface area contributed by atoms with Crippen LogP contribution in [-0.4, -0.2) is 26.5 Å². The second kappa shape index (κ2) is 10.5. The number of pyridine rings is 1. The lowest BCUT2D eigenvalue weighted by Crippen LogP contribution is -2.35. The molecular weight excluding hydrogens is 490 g/mol. The van der Waals surface area contributed by atoms with Crippen LogP contribution < -0.4 is 10.7 Å². The first kappa shape index (κ1) is 24.6. The Hall–Kier alpha value is -4.07. The minimum Gasteiger partial charge on any atom is -0.442 e. The third-order valence-corrected chi connectivity index (χ3v) is 6.64. The van der Waals surface area contributed by atoms with Crippen LogP contribution in [0.4, 0.5) is 0 Å². The summed E-state index contributed by atoms with van der Waals surface area (Å²) in [5.74, 6) is 0.0852. The summed E-state index contributed by atoms with van der Waals surface area (Å²) in [6, 6.07) is 18.0. The number of aryl methyl sites for hydroxylation is 1. The SMILES string of the molecule is Cn1cc(C(=O)NCc2ccc(Cl)cc2)c(=O)c2cc(CN3C=CC=C[C@@H]3[C@@H](O)c3ccccc3)oc21. The molecule has 4 aromatic rings. The maximum atomic E-state index is 13.2. The van der Waals surface area contributed by atoms with Gasteiger partial charge in [0.1, 0.15) is 17.4 Å². The van der Waals surface area contributed by atoms with Crippen molar-refractivity contribution < 1.29 is 14.3 Å². The molecule has 0 saturated carbocycles. The molecule has 7 nitrogen and oxygen atoms in total. The molecule has 0 fully saturated rings. The number of aliphatic hydroxyl groups excluding tert-OH is 1. The predicted octanol–water partition coefficient (Wildman–Crippen LogP) is 4.70. The Morgan fingerprint density at radius 3 is 2.65 bits per heavy atom. The predicted molar refractivity (Wildman–Crippen MR) is 143 cm³/mol. The van der Waals surface area contributed by atoms with Crippen molar-refractivity contribution in [1.29, 1.82) is 0 Å². The number of rotatable bonds is 7. The fourth-order valence-corrected chi connectivity index (χ4v) is 4.58. The molecule has 2 atom stereocenters. The van der Waals surface area contributed by atoms with E-state index < -0.39 is 17.4 Å². The topological polar surface area (TPSA) is 87.7 Å². The van der Waals surface area contributed by atoms with E-state index >= 15 is 0 Å². The van der Waals surface area contributed by atoms with Crippen LogP contribution in [-0.2, 0) is 20.1 Å². The van der Waals surface area contributed by atoms with Crippen molar-refractivity contribution in [1.82, 2.24) is 14.8 Å². The fourth-order valence-electron chi connectivity index (χ4n) is 4.45. The lowest BCUT2D eigenvalue weighted by molar-refractivity contribution is 0.0907. The summed E-state index contributed by atoms with van der Waals surface area (Å²) in [7, 11) is 1.73. The first-order chi connectivity index (χ1) is 17.9. The van der Waals surface area contributed by atoms with E-state index in [1.807, 2.05) is 71.8 Å². The molecule has 0 radical (unpaired) electrons. The Labute approximate surface area is 218 Å². The first-order valence-electron chi connectivity index (χ1n) is 11.9. The zero-order valence-corrected chi connectivity index (χ0v) is 20.9. The summed E-state index contributed by atoms with van der Waals surface area (Å²) >= 11 is 5.92. The van der Waals surface area contributed by atoms with Crippen LogP contribution in [0.3, 0.4) is 0 Å². The highest BCUT2D eigenvalue weighted by Crippen LogP contribution is 2.27. The second-order valence-corrected chi connectivity index (χ2v) is 9.40. The Bertz CT molecular complexity index is 1540. The number of amides is 1. The van der Waals surface area contributed by atoms with E-state index in [-0.39, 0.29) is 18.2 Å². The Balaban J connectivity index is 1.37. The van der Waals surface area contributed by atoms with Gasteiger partial charge in [0.2, 0.25) is 11.1 Å². The molecule has 3 heterocycles. The number of aliphatic hydroxyl groups is 1. The van der Waals surface area contributed by atoms with Crippen molar-refractivity contribution in [3.05, 3.63) is 129 Å². The summed E-state index contributed by atoms with van der Waals surface area (Å²) < 4.78 is 7.67. The van der Waals surface area contributed by atoms with Crippen LogP contribution in [0, 0.1) is 0 Å². The molecule has 0 saturated heterocycles. The molecule has 0 bridgehead atoms. The molecule has 2 aromatic heterocycles. The molecule has 2 N–H and O–H groups in total. The normalized spacial score (nSPS) is 15.8. The molecule has 1 amide bonds. The van der Waals surface area contributed by atoms with Crippen LogP contribution >= 0.6 is 11.6 Å². The largest absolute Gasteiger partial charge is 0.442 e. The van der Waals surface area contributed by atoms with E-state index in [9.17, 15) is 14.7 Å². The van der Waals surface area contributed by atoms with Gasteiger partial charge < -0.3 is 24.3 Å². The van der Waals surface area contributed by atoms with E-state index in [0.29, 0.717) is 28.4 Å². The average molecular weight is 516 g/mol. The molecule has 2 aromatic carbocycles. The molecular formula is C29H26ClN3O4. The minimum atomic E-state index is -0.742. The number of carbonyl (C=O) groups is 1. The van der Waals surface area contributed by atoms with Gasteiger partial charge in [0.15, 0.2) is 0 Å². The maximum Gasteiger partial charge on any atom is 0.257 e. The van der Waals surface area contributed by atoms with Gasteiger partial charge in [-0.05, 0) is 35.4 Å². The number of aromatic nitrogens is 1. The number of halogens is 1. The van der Waals surface area contributed by atoms with Crippen molar-refractivity contribution in [3.8, 4) is 0 Å². The smallest absolute Gasteiger partial charge is 0.257 e. The first-order valence-corrected chi connectivity index (χ1v) is 12.3. The molecule has 1 aliphatic heterocycles. The van der Waals surface area contributed by atoms with Crippen molar-refractivity contribution in [3.63, 3.8) is 0 Å². The van der Waals surface area contributed by atoms with Gasteiger partial charge in [-0.15, -0.1) is 0 Å². The van der Waals surface area contributed by atoms with Crippen LogP contribution in [0.15, 0.2) is 101 Å². The number of hydrogen-bond acceptors (Lipinski definition) is 5. The van der Waals surface area contributed by atoms with Gasteiger partial charge in [-0.2, -0.15) is 0 Å². The van der Waals surface area contributed by atoms with Crippen molar-refractivity contribution in [2.45, 2.75) is 25.2 Å². The van der Waals surface area contributed by atoms with Gasteiger partial charge in [0.05, 0.1) is 18.0 Å². The lowest BCUT2D eigenvalue weighted by atomic mass is 9.99. The van der Waals surface area contributed by atoms with Crippen LogP contribution in [0.25, 0.3) is 11.1 Å². The maximum absolute atomic E-state index is 13.2. The summed E-state index contributed by atoms with van der Waals surface area (Å²) in [5.41, 5.74) is 1.70. The van der Waals surface area contributed by atoms with Crippen molar-refractivity contribution >= 4 is 28.6 Å². The molecule has 8 heteroatoms. The zero-order chi connectivity index (χ0) is 25.9. The van der Waals surface area contributed by atoms with Gasteiger partial charge >= 0.3 is 0 Å². The summed E-state index contributed by atoms with van der Waals surface area (Å²) in [4.78, 5) is 28.0. The van der Waals surface area contributed by atoms with E-state index in [0.717, 1.165) is 11.1 Å². The number of allylic oxidation sites excluding steroid dienone is 2. The Kier molecular flexibility index (Phi) is 6.99. The van der Waals surface area contributed by atoms with Gasteiger partial charge in [0.25, 0.3) is 5.91 Å². The minimum absolute atomic E-state index is 0.0366. The molecule has 188 valence electrons. The second-order valence-electron chi connectivity index (χ2n) is 8.97. The van der Waals surface area contributed by atoms with Crippen molar-refractivity contribution in [2.24, 2.45) is 7.05 Å². The van der Waals surface area contributed by atoms with Crippen LogP contribution in [0.5, 0.6) is 0 Å². The Morgan fingerprint density at radius 2 is 1.89 bits per heavy atom. The number of benzene rings is 2. The third kappa shape index (κ3) is 5.23. The third-order valence-electron chi connectivity index (χ3n) is 6.39. The molecule has 0 unspecified atom stereocenters. The molecule has 1 aliphatic rings. The van der Waals surface area contributed by atoms with Crippen LogP contribution in [0.2, 0.25) is 5.02 Å². The van der Waals surface area contributed by atoms with Crippen molar-refractivity contribution in [2.75, 3.05) is 0 Å². The van der Waals surface area contributed by atoms with Gasteiger partial charge in [-0.25, -0.2) is 0 Å².